The first kappa shape index (κ1) is 11.1. The minimum atomic E-state index is -1.30. The molecule has 0 aliphatic carbocycles. The van der Waals surface area contributed by atoms with E-state index in [2.05, 4.69) is 38.4 Å². The average Bonchev–Trinajstić information content (AvgIpc) is 2.15. The molecule has 76 valence electrons. The number of hydrogen-bond donors (Lipinski definition) is 0. The van der Waals surface area contributed by atoms with Crippen LogP contribution < -0.4 is 9.92 Å². The molecule has 0 fully saturated rings. The fourth-order valence-electron chi connectivity index (χ4n) is 1.59. The number of benzene rings is 1. The van der Waals surface area contributed by atoms with Crippen molar-refractivity contribution < 1.29 is 4.74 Å². The van der Waals surface area contributed by atoms with Gasteiger partial charge in [0.1, 0.15) is 5.75 Å². The normalized spacial score (nSPS) is 11.1. The lowest BCUT2D eigenvalue weighted by Gasteiger charge is -2.21. The van der Waals surface area contributed by atoms with Crippen molar-refractivity contribution in [1.82, 2.24) is 0 Å². The molecule has 0 atom stereocenters. The highest BCUT2D eigenvalue weighted by Gasteiger charge is 2.20. The van der Waals surface area contributed by atoms with Crippen molar-refractivity contribution in [3.63, 3.8) is 0 Å². The second kappa shape index (κ2) is 4.01. The molecule has 0 bridgehead atoms. The number of rotatable bonds is 3. The summed E-state index contributed by atoms with van der Waals surface area (Å²) < 4.78 is 5.32. The molecule has 14 heavy (non-hydrogen) atoms. The van der Waals surface area contributed by atoms with E-state index in [1.807, 2.05) is 12.1 Å². The van der Waals surface area contributed by atoms with E-state index in [0.29, 0.717) is 0 Å². The molecular formula is C12H18OSi. The molecule has 0 saturated carbocycles. The SMILES string of the molecule is C=Cc1c(OC)cccc1[Si](C)(C)C. The first-order chi connectivity index (χ1) is 6.50. The third-order valence-corrected chi connectivity index (χ3v) is 4.35. The maximum atomic E-state index is 5.32. The van der Waals surface area contributed by atoms with E-state index in [9.17, 15) is 0 Å². The number of hydrogen-bond acceptors (Lipinski definition) is 1. The second-order valence-electron chi connectivity index (χ2n) is 4.38. The summed E-state index contributed by atoms with van der Waals surface area (Å²) in [6.07, 6.45) is 1.90. The predicted octanol–water partition coefficient (Wildman–Crippen LogP) is 2.88. The Bertz CT molecular complexity index is 337. The third kappa shape index (κ3) is 2.07. The van der Waals surface area contributed by atoms with Crippen LogP contribution in [-0.2, 0) is 0 Å². The maximum absolute atomic E-state index is 5.32. The monoisotopic (exact) mass is 206 g/mol. The van der Waals surface area contributed by atoms with Crippen LogP contribution in [-0.4, -0.2) is 15.2 Å². The zero-order valence-electron chi connectivity index (χ0n) is 9.42. The zero-order chi connectivity index (χ0) is 10.8. The minimum absolute atomic E-state index is 0.930. The molecule has 0 heterocycles. The van der Waals surface area contributed by atoms with E-state index in [1.165, 1.54) is 5.19 Å². The Labute approximate surface area is 87.4 Å². The van der Waals surface area contributed by atoms with Gasteiger partial charge < -0.3 is 4.74 Å². The first-order valence-electron chi connectivity index (χ1n) is 4.80. The fraction of sp³-hybridized carbons (Fsp3) is 0.333. The highest BCUT2D eigenvalue weighted by molar-refractivity contribution is 6.89. The largest absolute Gasteiger partial charge is 0.496 e. The minimum Gasteiger partial charge on any atom is -0.496 e. The zero-order valence-corrected chi connectivity index (χ0v) is 10.4. The smallest absolute Gasteiger partial charge is 0.125 e. The highest BCUT2D eigenvalue weighted by Crippen LogP contribution is 2.19. The molecule has 0 spiro atoms. The van der Waals surface area contributed by atoms with Gasteiger partial charge in [-0.05, 0) is 11.3 Å². The molecule has 0 unspecified atom stereocenters. The van der Waals surface area contributed by atoms with Crippen LogP contribution in [0.25, 0.3) is 6.08 Å². The van der Waals surface area contributed by atoms with E-state index in [0.717, 1.165) is 11.3 Å². The number of methoxy groups -OCH3 is 1. The summed E-state index contributed by atoms with van der Waals surface area (Å²) in [5.74, 6) is 0.930. The van der Waals surface area contributed by atoms with Crippen molar-refractivity contribution >= 4 is 19.3 Å². The molecule has 0 radical (unpaired) electrons. The topological polar surface area (TPSA) is 9.23 Å². The number of ether oxygens (including phenoxy) is 1. The summed E-state index contributed by atoms with van der Waals surface area (Å²) in [6.45, 7) is 10.8. The highest BCUT2D eigenvalue weighted by atomic mass is 28.3. The standard InChI is InChI=1S/C12H18OSi/c1-6-10-11(13-2)8-7-9-12(10)14(3,4)5/h6-9H,1H2,2-5H3. The lowest BCUT2D eigenvalue weighted by molar-refractivity contribution is 0.414. The van der Waals surface area contributed by atoms with E-state index in [4.69, 9.17) is 4.74 Å². The Morgan fingerprint density at radius 2 is 1.93 bits per heavy atom. The van der Waals surface area contributed by atoms with Gasteiger partial charge in [0.15, 0.2) is 0 Å². The van der Waals surface area contributed by atoms with Crippen molar-refractivity contribution in [1.29, 1.82) is 0 Å². The average molecular weight is 206 g/mol. The molecule has 0 aliphatic rings. The van der Waals surface area contributed by atoms with Gasteiger partial charge in [-0.15, -0.1) is 0 Å². The van der Waals surface area contributed by atoms with Crippen molar-refractivity contribution in [3.05, 3.63) is 30.3 Å². The lowest BCUT2D eigenvalue weighted by Crippen LogP contribution is -2.39. The quantitative estimate of drug-likeness (QED) is 0.691. The first-order valence-corrected chi connectivity index (χ1v) is 8.30. The van der Waals surface area contributed by atoms with Crippen LogP contribution in [0.3, 0.4) is 0 Å². The van der Waals surface area contributed by atoms with E-state index in [-0.39, 0.29) is 0 Å². The van der Waals surface area contributed by atoms with Crippen molar-refractivity contribution in [2.75, 3.05) is 7.11 Å². The van der Waals surface area contributed by atoms with Crippen LogP contribution in [0.15, 0.2) is 24.8 Å². The summed E-state index contributed by atoms with van der Waals surface area (Å²) in [5, 5.41) is 1.41. The Kier molecular flexibility index (Phi) is 3.16. The molecule has 1 nitrogen and oxygen atoms in total. The van der Waals surface area contributed by atoms with Gasteiger partial charge in [0.2, 0.25) is 0 Å². The van der Waals surface area contributed by atoms with Gasteiger partial charge in [0.25, 0.3) is 0 Å². The Morgan fingerprint density at radius 3 is 2.36 bits per heavy atom. The molecule has 0 aliphatic heterocycles. The summed E-state index contributed by atoms with van der Waals surface area (Å²) in [5.41, 5.74) is 1.16. The van der Waals surface area contributed by atoms with Crippen molar-refractivity contribution in [3.8, 4) is 5.75 Å². The molecule has 0 amide bonds. The summed E-state index contributed by atoms with van der Waals surface area (Å²) in [7, 11) is 0.407. The predicted molar refractivity (Wildman–Crippen MR) is 66.1 cm³/mol. The molecule has 1 aromatic carbocycles. The van der Waals surface area contributed by atoms with Crippen LogP contribution in [0.5, 0.6) is 5.75 Å². The second-order valence-corrected chi connectivity index (χ2v) is 9.41. The lowest BCUT2D eigenvalue weighted by atomic mass is 10.2. The fourth-order valence-corrected chi connectivity index (χ4v) is 3.22. The summed E-state index contributed by atoms with van der Waals surface area (Å²) >= 11 is 0. The molecular weight excluding hydrogens is 188 g/mol. The van der Waals surface area contributed by atoms with E-state index < -0.39 is 8.07 Å². The Hall–Kier alpha value is -1.02. The van der Waals surface area contributed by atoms with Gasteiger partial charge in [0, 0.05) is 5.56 Å². The van der Waals surface area contributed by atoms with Gasteiger partial charge >= 0.3 is 0 Å². The van der Waals surface area contributed by atoms with Gasteiger partial charge in [0.05, 0.1) is 15.2 Å². The summed E-state index contributed by atoms with van der Waals surface area (Å²) in [6, 6.07) is 6.23. The molecule has 1 rings (SSSR count). The van der Waals surface area contributed by atoms with E-state index in [1.54, 1.807) is 7.11 Å². The van der Waals surface area contributed by atoms with Crippen LogP contribution in [0.1, 0.15) is 5.56 Å². The van der Waals surface area contributed by atoms with Crippen LogP contribution >= 0.6 is 0 Å². The molecule has 0 N–H and O–H groups in total. The van der Waals surface area contributed by atoms with Gasteiger partial charge in [-0.2, -0.15) is 0 Å². The molecule has 0 saturated heterocycles. The molecule has 0 aromatic heterocycles. The van der Waals surface area contributed by atoms with E-state index >= 15 is 0 Å². The summed E-state index contributed by atoms with van der Waals surface area (Å²) in [4.78, 5) is 0. The third-order valence-electron chi connectivity index (χ3n) is 2.30. The maximum Gasteiger partial charge on any atom is 0.125 e. The Balaban J connectivity index is 3.37. The van der Waals surface area contributed by atoms with Crippen LogP contribution in [0.4, 0.5) is 0 Å². The molecule has 2 heteroatoms. The van der Waals surface area contributed by atoms with Crippen molar-refractivity contribution in [2.24, 2.45) is 0 Å². The van der Waals surface area contributed by atoms with Gasteiger partial charge in [-0.3, -0.25) is 0 Å². The molecule has 1 aromatic rings. The van der Waals surface area contributed by atoms with Crippen LogP contribution in [0.2, 0.25) is 19.6 Å². The van der Waals surface area contributed by atoms with Gasteiger partial charge in [-0.1, -0.05) is 44.4 Å². The van der Waals surface area contributed by atoms with Crippen molar-refractivity contribution in [2.45, 2.75) is 19.6 Å². The van der Waals surface area contributed by atoms with Crippen LogP contribution in [0, 0.1) is 0 Å². The Morgan fingerprint density at radius 1 is 1.29 bits per heavy atom. The van der Waals surface area contributed by atoms with Gasteiger partial charge in [-0.25, -0.2) is 0 Å².